The van der Waals surface area contributed by atoms with Gasteiger partial charge in [0.05, 0.1) is 5.60 Å². The summed E-state index contributed by atoms with van der Waals surface area (Å²) in [6.45, 7) is 5.11. The molecule has 24 heavy (non-hydrogen) atoms. The van der Waals surface area contributed by atoms with Crippen LogP contribution in [0.25, 0.3) is 0 Å². The van der Waals surface area contributed by atoms with Crippen LogP contribution in [0.3, 0.4) is 0 Å². The van der Waals surface area contributed by atoms with Gasteiger partial charge in [0.1, 0.15) is 6.04 Å². The topological polar surface area (TPSA) is 58.4 Å². The molecule has 0 saturated carbocycles. The summed E-state index contributed by atoms with van der Waals surface area (Å²) in [7, 11) is 0. The van der Waals surface area contributed by atoms with Gasteiger partial charge in [-0.05, 0) is 38.3 Å². The van der Waals surface area contributed by atoms with E-state index in [0.717, 1.165) is 5.56 Å². The molecule has 1 N–H and O–H groups in total. The van der Waals surface area contributed by atoms with E-state index in [9.17, 15) is 9.90 Å². The summed E-state index contributed by atoms with van der Waals surface area (Å²) in [6, 6.07) is 9.78. The molecule has 2 aromatic rings. The highest BCUT2D eigenvalue weighted by Crippen LogP contribution is 2.27. The van der Waals surface area contributed by atoms with Crippen LogP contribution in [0.4, 0.5) is 0 Å². The number of benzene rings is 1. The molecule has 3 rings (SSSR count). The second kappa shape index (κ2) is 6.77. The molecule has 0 radical (unpaired) electrons. The lowest BCUT2D eigenvalue weighted by Crippen LogP contribution is -2.49. The minimum atomic E-state index is -0.723. The number of piperidine rings is 1. The van der Waals surface area contributed by atoms with Crippen LogP contribution in [0.15, 0.2) is 42.7 Å². The molecule has 1 atom stereocenters. The van der Waals surface area contributed by atoms with Crippen LogP contribution in [0.2, 0.25) is 0 Å². The van der Waals surface area contributed by atoms with Crippen LogP contribution in [0.5, 0.6) is 0 Å². The van der Waals surface area contributed by atoms with Crippen LogP contribution in [-0.4, -0.2) is 44.4 Å². The van der Waals surface area contributed by atoms with Crippen LogP contribution >= 0.6 is 0 Å². The normalized spacial score (nSPS) is 18.4. The van der Waals surface area contributed by atoms with Crippen LogP contribution in [0.1, 0.15) is 36.9 Å². The Balaban J connectivity index is 1.59. The zero-order valence-corrected chi connectivity index (χ0v) is 14.4. The summed E-state index contributed by atoms with van der Waals surface area (Å²) >= 11 is 0. The van der Waals surface area contributed by atoms with Crippen molar-refractivity contribution in [3.63, 3.8) is 0 Å². The van der Waals surface area contributed by atoms with Gasteiger partial charge in [-0.15, -0.1) is 0 Å². The molecule has 0 bridgehead atoms. The fourth-order valence-corrected chi connectivity index (χ4v) is 3.41. The molecule has 1 aromatic carbocycles. The molecule has 1 unspecified atom stereocenters. The molecule has 1 saturated heterocycles. The van der Waals surface area contributed by atoms with Crippen LogP contribution in [-0.2, 0) is 11.2 Å². The third-order valence-electron chi connectivity index (χ3n) is 4.90. The van der Waals surface area contributed by atoms with E-state index in [0.29, 0.717) is 32.4 Å². The van der Waals surface area contributed by atoms with Gasteiger partial charge in [0, 0.05) is 31.9 Å². The standard InChI is InChI=1S/C19H25N3O2/c1-15-5-3-6-17(13-15)14-19(24)7-11-21(12-8-19)18(23)16(2)22-10-4-9-20-22/h3-6,9-10,13,16,24H,7-8,11-12,14H2,1-2H3. The third-order valence-corrected chi connectivity index (χ3v) is 4.90. The molecule has 0 spiro atoms. The minimum absolute atomic E-state index is 0.0660. The van der Waals surface area contributed by atoms with Crippen LogP contribution in [0, 0.1) is 6.92 Å². The Bertz CT molecular complexity index is 688. The van der Waals surface area contributed by atoms with Crippen molar-refractivity contribution in [2.45, 2.75) is 44.8 Å². The van der Waals surface area contributed by atoms with Gasteiger partial charge in [0.25, 0.3) is 0 Å². The van der Waals surface area contributed by atoms with Gasteiger partial charge >= 0.3 is 0 Å². The Hall–Kier alpha value is -2.14. The Kier molecular flexibility index (Phi) is 4.71. The predicted octanol–water partition coefficient (Wildman–Crippen LogP) is 2.35. The molecule has 0 aliphatic carbocycles. The van der Waals surface area contributed by atoms with Gasteiger partial charge < -0.3 is 10.0 Å². The second-order valence-corrected chi connectivity index (χ2v) is 6.88. The smallest absolute Gasteiger partial charge is 0.247 e. The maximum absolute atomic E-state index is 12.6. The number of likely N-dealkylation sites (tertiary alicyclic amines) is 1. The van der Waals surface area contributed by atoms with Gasteiger partial charge in [-0.1, -0.05) is 29.8 Å². The number of hydrogen-bond acceptors (Lipinski definition) is 3. The Morgan fingerprint density at radius 1 is 1.33 bits per heavy atom. The predicted molar refractivity (Wildman–Crippen MR) is 92.6 cm³/mol. The average Bonchev–Trinajstić information content (AvgIpc) is 3.08. The molecular formula is C19H25N3O2. The largest absolute Gasteiger partial charge is 0.389 e. The maximum atomic E-state index is 12.6. The quantitative estimate of drug-likeness (QED) is 0.938. The molecule has 128 valence electrons. The van der Waals surface area contributed by atoms with Crippen molar-refractivity contribution in [2.75, 3.05) is 13.1 Å². The van der Waals surface area contributed by atoms with Gasteiger partial charge in [-0.3, -0.25) is 9.48 Å². The van der Waals surface area contributed by atoms with E-state index in [1.807, 2.05) is 24.0 Å². The van der Waals surface area contributed by atoms with Crippen molar-refractivity contribution in [1.82, 2.24) is 14.7 Å². The number of carbonyl (C=O) groups is 1. The number of rotatable bonds is 4. The highest BCUT2D eigenvalue weighted by atomic mass is 16.3. The van der Waals surface area contributed by atoms with Crippen molar-refractivity contribution in [1.29, 1.82) is 0 Å². The van der Waals surface area contributed by atoms with E-state index < -0.39 is 5.60 Å². The monoisotopic (exact) mass is 327 g/mol. The molecule has 1 aromatic heterocycles. The maximum Gasteiger partial charge on any atom is 0.247 e. The first-order valence-corrected chi connectivity index (χ1v) is 8.53. The first-order chi connectivity index (χ1) is 11.5. The molecule has 5 nitrogen and oxygen atoms in total. The van der Waals surface area contributed by atoms with Crippen molar-refractivity contribution in [3.05, 3.63) is 53.9 Å². The van der Waals surface area contributed by atoms with E-state index in [4.69, 9.17) is 0 Å². The van der Waals surface area contributed by atoms with Crippen molar-refractivity contribution >= 4 is 5.91 Å². The SMILES string of the molecule is Cc1cccc(CC2(O)CCN(C(=O)C(C)n3cccn3)CC2)c1. The van der Waals surface area contributed by atoms with Crippen molar-refractivity contribution < 1.29 is 9.90 Å². The minimum Gasteiger partial charge on any atom is -0.389 e. The molecule has 1 aliphatic heterocycles. The Labute approximate surface area is 142 Å². The number of nitrogens with zero attached hydrogens (tertiary/aromatic N) is 3. The first-order valence-electron chi connectivity index (χ1n) is 8.53. The molecule has 1 fully saturated rings. The summed E-state index contributed by atoms with van der Waals surface area (Å²) in [5.41, 5.74) is 1.64. The second-order valence-electron chi connectivity index (χ2n) is 6.88. The fraction of sp³-hybridized carbons (Fsp3) is 0.474. The van der Waals surface area contributed by atoms with E-state index in [1.165, 1.54) is 5.56 Å². The number of aromatic nitrogens is 2. The molecule has 5 heteroatoms. The highest BCUT2D eigenvalue weighted by molar-refractivity contribution is 5.80. The number of hydrogen-bond donors (Lipinski definition) is 1. The average molecular weight is 327 g/mol. The molecule has 2 heterocycles. The summed E-state index contributed by atoms with van der Waals surface area (Å²) < 4.78 is 1.68. The van der Waals surface area contributed by atoms with Gasteiger partial charge in [0.15, 0.2) is 0 Å². The summed E-state index contributed by atoms with van der Waals surface area (Å²) in [4.78, 5) is 14.4. The Morgan fingerprint density at radius 3 is 2.71 bits per heavy atom. The summed E-state index contributed by atoms with van der Waals surface area (Å²) in [5.74, 6) is 0.0660. The lowest BCUT2D eigenvalue weighted by Gasteiger charge is -2.39. The summed E-state index contributed by atoms with van der Waals surface area (Å²) in [5, 5.41) is 15.0. The van der Waals surface area contributed by atoms with Crippen molar-refractivity contribution in [3.8, 4) is 0 Å². The molecule has 1 amide bonds. The van der Waals surface area contributed by atoms with Gasteiger partial charge in [0.2, 0.25) is 5.91 Å². The number of carbonyl (C=O) groups excluding carboxylic acids is 1. The van der Waals surface area contributed by atoms with Crippen LogP contribution < -0.4 is 0 Å². The molecular weight excluding hydrogens is 302 g/mol. The number of aryl methyl sites for hydroxylation is 1. The van der Waals surface area contributed by atoms with Crippen molar-refractivity contribution in [2.24, 2.45) is 0 Å². The molecule has 1 aliphatic rings. The Morgan fingerprint density at radius 2 is 2.08 bits per heavy atom. The first kappa shape index (κ1) is 16.7. The van der Waals surface area contributed by atoms with E-state index >= 15 is 0 Å². The van der Waals surface area contributed by atoms with E-state index in [-0.39, 0.29) is 11.9 Å². The highest BCUT2D eigenvalue weighted by Gasteiger charge is 2.35. The fourth-order valence-electron chi connectivity index (χ4n) is 3.41. The zero-order valence-electron chi connectivity index (χ0n) is 14.4. The van der Waals surface area contributed by atoms with Gasteiger partial charge in [-0.2, -0.15) is 5.10 Å². The summed E-state index contributed by atoms with van der Waals surface area (Å²) in [6.07, 6.45) is 5.35. The lowest BCUT2D eigenvalue weighted by molar-refractivity contribution is -0.138. The van der Waals surface area contributed by atoms with E-state index in [1.54, 1.807) is 17.1 Å². The number of aliphatic hydroxyl groups is 1. The van der Waals surface area contributed by atoms with Gasteiger partial charge in [-0.25, -0.2) is 0 Å². The van der Waals surface area contributed by atoms with E-state index in [2.05, 4.69) is 30.2 Å². The zero-order chi connectivity index (χ0) is 17.2. The number of amides is 1. The lowest BCUT2D eigenvalue weighted by atomic mass is 9.85. The third kappa shape index (κ3) is 3.67.